The Morgan fingerprint density at radius 1 is 1.56 bits per heavy atom. The van der Waals surface area contributed by atoms with Gasteiger partial charge in [0.2, 0.25) is 5.95 Å². The summed E-state index contributed by atoms with van der Waals surface area (Å²) < 4.78 is 12.7. The average molecular weight is 224 g/mol. The van der Waals surface area contributed by atoms with Crippen LogP contribution in [0.1, 0.15) is 29.8 Å². The smallest absolute Gasteiger partial charge is 0.270 e. The molecule has 2 rings (SSSR count). The zero-order chi connectivity index (χ0) is 11.6. The van der Waals surface area contributed by atoms with Gasteiger partial charge < -0.3 is 10.4 Å². The first-order valence-electron chi connectivity index (χ1n) is 5.22. The van der Waals surface area contributed by atoms with E-state index in [1.54, 1.807) is 0 Å². The van der Waals surface area contributed by atoms with Crippen molar-refractivity contribution in [2.24, 2.45) is 0 Å². The van der Waals surface area contributed by atoms with Crippen molar-refractivity contribution in [3.8, 4) is 0 Å². The maximum Gasteiger partial charge on any atom is 0.270 e. The predicted molar refractivity (Wildman–Crippen MR) is 55.3 cm³/mol. The molecule has 1 saturated carbocycles. The molecule has 0 unspecified atom stereocenters. The normalized spacial score (nSPS) is 17.6. The van der Waals surface area contributed by atoms with Crippen molar-refractivity contribution in [1.29, 1.82) is 0 Å². The van der Waals surface area contributed by atoms with E-state index in [-0.39, 0.29) is 12.2 Å². The number of rotatable bonds is 3. The molecule has 0 aliphatic heterocycles. The Hall–Kier alpha value is -1.49. The molecule has 0 atom stereocenters. The molecule has 86 valence electrons. The molecular formula is C11H13FN2O2. The summed E-state index contributed by atoms with van der Waals surface area (Å²) in [7, 11) is 0. The van der Waals surface area contributed by atoms with Gasteiger partial charge in [0.1, 0.15) is 5.69 Å². The highest BCUT2D eigenvalue weighted by Gasteiger charge is 2.34. The topological polar surface area (TPSA) is 62.2 Å². The lowest BCUT2D eigenvalue weighted by Gasteiger charge is -2.36. The SMILES string of the molecule is O=C(NCC1(O)CCC1)c1cccc(F)n1. The Balaban J connectivity index is 1.93. The molecular weight excluding hydrogens is 211 g/mol. The Morgan fingerprint density at radius 3 is 2.88 bits per heavy atom. The minimum atomic E-state index is -0.775. The fraction of sp³-hybridized carbons (Fsp3) is 0.455. The molecule has 1 fully saturated rings. The molecule has 1 amide bonds. The second kappa shape index (κ2) is 4.17. The average Bonchev–Trinajstić information content (AvgIpc) is 2.23. The van der Waals surface area contributed by atoms with Crippen molar-refractivity contribution >= 4 is 5.91 Å². The largest absolute Gasteiger partial charge is 0.388 e. The van der Waals surface area contributed by atoms with Crippen LogP contribution in [0, 0.1) is 5.95 Å². The Morgan fingerprint density at radius 2 is 2.31 bits per heavy atom. The predicted octanol–water partition coefficient (Wildman–Crippen LogP) is 0.865. The van der Waals surface area contributed by atoms with Gasteiger partial charge in [-0.15, -0.1) is 0 Å². The van der Waals surface area contributed by atoms with E-state index in [1.165, 1.54) is 18.2 Å². The van der Waals surface area contributed by atoms with E-state index in [2.05, 4.69) is 10.3 Å². The number of aromatic nitrogens is 1. The minimum Gasteiger partial charge on any atom is -0.388 e. The van der Waals surface area contributed by atoms with Crippen molar-refractivity contribution in [3.63, 3.8) is 0 Å². The first-order valence-corrected chi connectivity index (χ1v) is 5.22. The van der Waals surface area contributed by atoms with Crippen LogP contribution in [0.4, 0.5) is 4.39 Å². The molecule has 1 aromatic heterocycles. The number of hydrogen-bond donors (Lipinski definition) is 2. The number of nitrogens with zero attached hydrogens (tertiary/aromatic N) is 1. The van der Waals surface area contributed by atoms with E-state index in [0.29, 0.717) is 12.8 Å². The number of pyridine rings is 1. The summed E-state index contributed by atoms with van der Waals surface area (Å²) in [4.78, 5) is 15.0. The van der Waals surface area contributed by atoms with Gasteiger partial charge in [0.15, 0.2) is 0 Å². The van der Waals surface area contributed by atoms with Crippen LogP contribution in [-0.2, 0) is 0 Å². The Labute approximate surface area is 92.5 Å². The number of nitrogens with one attached hydrogen (secondary N) is 1. The van der Waals surface area contributed by atoms with Crippen LogP contribution in [0.5, 0.6) is 0 Å². The molecule has 1 aliphatic carbocycles. The highest BCUT2D eigenvalue weighted by atomic mass is 19.1. The van der Waals surface area contributed by atoms with Crippen LogP contribution in [0.2, 0.25) is 0 Å². The summed E-state index contributed by atoms with van der Waals surface area (Å²) in [6, 6.07) is 4.04. The molecule has 1 aliphatic rings. The van der Waals surface area contributed by atoms with E-state index < -0.39 is 17.5 Å². The van der Waals surface area contributed by atoms with E-state index in [1.807, 2.05) is 0 Å². The minimum absolute atomic E-state index is 0.0305. The summed E-state index contributed by atoms with van der Waals surface area (Å²) in [5, 5.41) is 12.3. The molecule has 0 saturated heterocycles. The maximum atomic E-state index is 12.7. The molecule has 5 heteroatoms. The molecule has 1 aromatic rings. The van der Waals surface area contributed by atoms with Crippen molar-refractivity contribution < 1.29 is 14.3 Å². The third-order valence-corrected chi connectivity index (χ3v) is 2.81. The van der Waals surface area contributed by atoms with Gasteiger partial charge in [0.05, 0.1) is 5.60 Å². The van der Waals surface area contributed by atoms with Crippen molar-refractivity contribution in [1.82, 2.24) is 10.3 Å². The summed E-state index contributed by atoms with van der Waals surface area (Å²) in [6.07, 6.45) is 2.37. The molecule has 16 heavy (non-hydrogen) atoms. The van der Waals surface area contributed by atoms with Crippen molar-refractivity contribution in [2.45, 2.75) is 24.9 Å². The van der Waals surface area contributed by atoms with Crippen LogP contribution < -0.4 is 5.32 Å². The van der Waals surface area contributed by atoms with Crippen LogP contribution in [-0.4, -0.2) is 28.1 Å². The van der Waals surface area contributed by atoms with E-state index in [0.717, 1.165) is 6.42 Å². The summed E-state index contributed by atoms with van der Waals surface area (Å²) >= 11 is 0. The van der Waals surface area contributed by atoms with E-state index in [9.17, 15) is 14.3 Å². The van der Waals surface area contributed by atoms with Gasteiger partial charge in [-0.1, -0.05) is 6.07 Å². The maximum absolute atomic E-state index is 12.7. The van der Waals surface area contributed by atoms with Gasteiger partial charge in [0, 0.05) is 6.54 Å². The number of halogens is 1. The molecule has 4 nitrogen and oxygen atoms in total. The zero-order valence-corrected chi connectivity index (χ0v) is 8.74. The van der Waals surface area contributed by atoms with Gasteiger partial charge in [-0.05, 0) is 31.4 Å². The quantitative estimate of drug-likeness (QED) is 0.749. The third kappa shape index (κ3) is 2.36. The lowest BCUT2D eigenvalue weighted by Crippen LogP contribution is -2.47. The van der Waals surface area contributed by atoms with Crippen molar-refractivity contribution in [2.75, 3.05) is 6.54 Å². The van der Waals surface area contributed by atoms with Crippen LogP contribution in [0.25, 0.3) is 0 Å². The number of carbonyl (C=O) groups is 1. The molecule has 2 N–H and O–H groups in total. The second-order valence-corrected chi connectivity index (χ2v) is 4.11. The fourth-order valence-electron chi connectivity index (χ4n) is 1.63. The van der Waals surface area contributed by atoms with Gasteiger partial charge in [0.25, 0.3) is 5.91 Å². The molecule has 0 bridgehead atoms. The summed E-state index contributed by atoms with van der Waals surface area (Å²) in [5.41, 5.74) is -0.744. The highest BCUT2D eigenvalue weighted by Crippen LogP contribution is 2.30. The summed E-state index contributed by atoms with van der Waals surface area (Å²) in [6.45, 7) is 0.198. The van der Waals surface area contributed by atoms with E-state index in [4.69, 9.17) is 0 Å². The fourth-order valence-corrected chi connectivity index (χ4v) is 1.63. The van der Waals surface area contributed by atoms with Crippen molar-refractivity contribution in [3.05, 3.63) is 29.8 Å². The highest BCUT2D eigenvalue weighted by molar-refractivity contribution is 5.92. The number of aliphatic hydroxyl groups is 1. The first-order chi connectivity index (χ1) is 7.59. The van der Waals surface area contributed by atoms with Gasteiger partial charge in [-0.2, -0.15) is 4.39 Å². The zero-order valence-electron chi connectivity index (χ0n) is 8.74. The number of hydrogen-bond acceptors (Lipinski definition) is 3. The standard InChI is InChI=1S/C11H13FN2O2/c12-9-4-1-3-8(14-9)10(15)13-7-11(16)5-2-6-11/h1,3-4,16H,2,5-7H2,(H,13,15). The lowest BCUT2D eigenvalue weighted by atomic mass is 9.80. The summed E-state index contributed by atoms with van der Waals surface area (Å²) in [5.74, 6) is -1.14. The lowest BCUT2D eigenvalue weighted by molar-refractivity contribution is -0.0300. The van der Waals surface area contributed by atoms with Crippen LogP contribution >= 0.6 is 0 Å². The van der Waals surface area contributed by atoms with Gasteiger partial charge in [-0.3, -0.25) is 4.79 Å². The third-order valence-electron chi connectivity index (χ3n) is 2.81. The number of carbonyl (C=O) groups excluding carboxylic acids is 1. The van der Waals surface area contributed by atoms with Gasteiger partial charge >= 0.3 is 0 Å². The van der Waals surface area contributed by atoms with Crippen LogP contribution in [0.15, 0.2) is 18.2 Å². The van der Waals surface area contributed by atoms with Gasteiger partial charge in [-0.25, -0.2) is 4.98 Å². The molecule has 0 spiro atoms. The Bertz CT molecular complexity index is 405. The Kier molecular flexibility index (Phi) is 2.87. The molecule has 0 radical (unpaired) electrons. The second-order valence-electron chi connectivity index (χ2n) is 4.11. The number of amides is 1. The first kappa shape index (κ1) is 11.0. The monoisotopic (exact) mass is 224 g/mol. The van der Waals surface area contributed by atoms with E-state index >= 15 is 0 Å². The molecule has 0 aromatic carbocycles. The van der Waals surface area contributed by atoms with Crippen LogP contribution in [0.3, 0.4) is 0 Å². The molecule has 1 heterocycles.